The fourth-order valence-corrected chi connectivity index (χ4v) is 4.90. The predicted molar refractivity (Wildman–Crippen MR) is 98.5 cm³/mol. The van der Waals surface area contributed by atoms with Gasteiger partial charge >= 0.3 is 0 Å². The first-order chi connectivity index (χ1) is 11.1. The Kier molecular flexibility index (Phi) is 7.29. The van der Waals surface area contributed by atoms with Crippen LogP contribution < -0.4 is 15.2 Å². The van der Waals surface area contributed by atoms with Gasteiger partial charge in [0.15, 0.2) is 9.84 Å². The van der Waals surface area contributed by atoms with E-state index in [1.807, 2.05) is 0 Å². The Labute approximate surface area is 155 Å². The first-order valence-corrected chi connectivity index (χ1v) is 11.1. The second-order valence-electron chi connectivity index (χ2n) is 6.33. The van der Waals surface area contributed by atoms with E-state index in [1.54, 1.807) is 0 Å². The molecule has 1 fully saturated rings. The Morgan fingerprint density at radius 3 is 2.28 bits per heavy atom. The van der Waals surface area contributed by atoms with Gasteiger partial charge < -0.3 is 10.5 Å². The molecular formula is C15H25ClN2O5S2. The van der Waals surface area contributed by atoms with Gasteiger partial charge in [-0.15, -0.1) is 12.4 Å². The summed E-state index contributed by atoms with van der Waals surface area (Å²) in [4.78, 5) is -0.281. The quantitative estimate of drug-likeness (QED) is 0.730. The molecule has 0 atom stereocenters. The van der Waals surface area contributed by atoms with Crippen molar-refractivity contribution in [3.8, 4) is 5.75 Å². The SMILES string of the molecule is COc1ccc(S(C)(=O)=O)cc1S(=O)(=O)NCC1(N)CCCCC1.Cl. The first kappa shape index (κ1) is 22.2. The molecule has 0 aromatic heterocycles. The molecule has 0 radical (unpaired) electrons. The molecule has 10 heteroatoms. The van der Waals surface area contributed by atoms with E-state index in [0.29, 0.717) is 0 Å². The molecule has 0 heterocycles. The van der Waals surface area contributed by atoms with Gasteiger partial charge in [0, 0.05) is 18.3 Å². The Balaban J connectivity index is 0.00000312. The second-order valence-corrected chi connectivity index (χ2v) is 10.1. The molecule has 7 nitrogen and oxygen atoms in total. The van der Waals surface area contributed by atoms with Crippen molar-refractivity contribution < 1.29 is 21.6 Å². The minimum atomic E-state index is -3.94. The zero-order valence-electron chi connectivity index (χ0n) is 14.3. The van der Waals surface area contributed by atoms with Crippen LogP contribution in [0.3, 0.4) is 0 Å². The summed E-state index contributed by atoms with van der Waals surface area (Å²) < 4.78 is 56.2. The highest BCUT2D eigenvalue weighted by Crippen LogP contribution is 2.29. The number of rotatable bonds is 6. The lowest BCUT2D eigenvalue weighted by atomic mass is 9.83. The lowest BCUT2D eigenvalue weighted by molar-refractivity contribution is 0.296. The molecule has 1 aliphatic rings. The van der Waals surface area contributed by atoms with Gasteiger partial charge in [-0.1, -0.05) is 19.3 Å². The van der Waals surface area contributed by atoms with Gasteiger partial charge in [-0.25, -0.2) is 21.6 Å². The van der Waals surface area contributed by atoms with Crippen molar-refractivity contribution >= 4 is 32.3 Å². The largest absolute Gasteiger partial charge is 0.495 e. The number of nitrogens with two attached hydrogens (primary N) is 1. The molecule has 0 amide bonds. The van der Waals surface area contributed by atoms with E-state index in [2.05, 4.69) is 4.72 Å². The fourth-order valence-electron chi connectivity index (χ4n) is 2.85. The molecule has 0 unspecified atom stereocenters. The highest BCUT2D eigenvalue weighted by molar-refractivity contribution is 7.91. The van der Waals surface area contributed by atoms with Gasteiger partial charge in [0.1, 0.15) is 10.6 Å². The van der Waals surface area contributed by atoms with Crippen LogP contribution in [0.25, 0.3) is 0 Å². The van der Waals surface area contributed by atoms with E-state index < -0.39 is 25.4 Å². The van der Waals surface area contributed by atoms with Crippen molar-refractivity contribution in [1.82, 2.24) is 4.72 Å². The summed E-state index contributed by atoms with van der Waals surface area (Å²) in [6.45, 7) is 0.113. The summed E-state index contributed by atoms with van der Waals surface area (Å²) in [5.41, 5.74) is 5.70. The number of benzene rings is 1. The normalized spacial score (nSPS) is 17.6. The molecule has 1 aromatic carbocycles. The molecule has 1 saturated carbocycles. The third kappa shape index (κ3) is 5.55. The third-order valence-corrected chi connectivity index (χ3v) is 6.85. The topological polar surface area (TPSA) is 116 Å². The van der Waals surface area contributed by atoms with Crippen LogP contribution in [0.2, 0.25) is 0 Å². The maximum absolute atomic E-state index is 12.6. The van der Waals surface area contributed by atoms with E-state index in [1.165, 1.54) is 19.2 Å². The summed E-state index contributed by atoms with van der Waals surface area (Å²) in [6, 6.07) is 3.77. The van der Waals surface area contributed by atoms with Crippen molar-refractivity contribution in [1.29, 1.82) is 0 Å². The molecule has 3 N–H and O–H groups in total. The van der Waals surface area contributed by atoms with Gasteiger partial charge in [-0.05, 0) is 31.0 Å². The monoisotopic (exact) mass is 412 g/mol. The van der Waals surface area contributed by atoms with Crippen LogP contribution in [0.4, 0.5) is 0 Å². The summed E-state index contributed by atoms with van der Waals surface area (Å²) >= 11 is 0. The molecule has 0 saturated heterocycles. The predicted octanol–water partition coefficient (Wildman–Crippen LogP) is 1.46. The zero-order valence-corrected chi connectivity index (χ0v) is 16.8. The smallest absolute Gasteiger partial charge is 0.244 e. The van der Waals surface area contributed by atoms with Crippen LogP contribution in [0, 0.1) is 0 Å². The van der Waals surface area contributed by atoms with Crippen molar-refractivity contribution in [2.45, 2.75) is 47.4 Å². The highest BCUT2D eigenvalue weighted by Gasteiger charge is 2.30. The average Bonchev–Trinajstić information content (AvgIpc) is 2.52. The van der Waals surface area contributed by atoms with Crippen molar-refractivity contribution in [3.63, 3.8) is 0 Å². The minimum Gasteiger partial charge on any atom is -0.495 e. The molecule has 1 aliphatic carbocycles. The third-order valence-electron chi connectivity index (χ3n) is 4.32. The number of hydrogen-bond donors (Lipinski definition) is 2. The Morgan fingerprint density at radius 2 is 1.76 bits per heavy atom. The van der Waals surface area contributed by atoms with Crippen LogP contribution in [0.15, 0.2) is 28.0 Å². The molecule has 0 bridgehead atoms. The molecule has 1 aromatic rings. The van der Waals surface area contributed by atoms with Crippen LogP contribution in [0.1, 0.15) is 32.1 Å². The highest BCUT2D eigenvalue weighted by atomic mass is 35.5. The second kappa shape index (κ2) is 8.22. The van der Waals surface area contributed by atoms with Crippen LogP contribution >= 0.6 is 12.4 Å². The summed E-state index contributed by atoms with van der Waals surface area (Å²) in [6.07, 6.45) is 5.60. The Morgan fingerprint density at radius 1 is 1.16 bits per heavy atom. The Bertz CT molecular complexity index is 803. The lowest BCUT2D eigenvalue weighted by Crippen LogP contribution is -2.51. The standard InChI is InChI=1S/C15H24N2O5S2.ClH/c1-22-13-7-6-12(23(2,18)19)10-14(13)24(20,21)17-11-15(16)8-4-3-5-9-15;/h6-7,10,17H,3-5,8-9,11,16H2,1-2H3;1H. The number of hydrogen-bond acceptors (Lipinski definition) is 6. The fraction of sp³-hybridized carbons (Fsp3) is 0.600. The van der Waals surface area contributed by atoms with Crippen molar-refractivity contribution in [2.24, 2.45) is 5.73 Å². The van der Waals surface area contributed by atoms with Gasteiger partial charge in [0.25, 0.3) is 0 Å². The maximum Gasteiger partial charge on any atom is 0.244 e. The molecule has 2 rings (SSSR count). The number of ether oxygens (including phenoxy) is 1. The van der Waals surface area contributed by atoms with Gasteiger partial charge in [0.05, 0.1) is 12.0 Å². The Hall–Kier alpha value is -0.870. The van der Waals surface area contributed by atoms with Crippen LogP contribution in [-0.4, -0.2) is 42.3 Å². The molecule has 0 aliphatic heterocycles. The minimum absolute atomic E-state index is 0. The molecule has 144 valence electrons. The maximum atomic E-state index is 12.6. The number of nitrogens with one attached hydrogen (secondary N) is 1. The summed E-state index contributed by atoms with van der Waals surface area (Å²) in [7, 11) is -6.14. The summed E-state index contributed by atoms with van der Waals surface area (Å²) in [5.74, 6) is 0.0876. The molecule has 0 spiro atoms. The van der Waals surface area contributed by atoms with Crippen molar-refractivity contribution in [2.75, 3.05) is 19.9 Å². The van der Waals surface area contributed by atoms with E-state index in [9.17, 15) is 16.8 Å². The van der Waals surface area contributed by atoms with Crippen molar-refractivity contribution in [3.05, 3.63) is 18.2 Å². The van der Waals surface area contributed by atoms with Crippen LogP contribution in [0.5, 0.6) is 5.75 Å². The summed E-state index contributed by atoms with van der Waals surface area (Å²) in [5, 5.41) is 0. The zero-order chi connectivity index (χ0) is 18.0. The molecular weight excluding hydrogens is 388 g/mol. The van der Waals surface area contributed by atoms with Crippen LogP contribution in [-0.2, 0) is 19.9 Å². The van der Waals surface area contributed by atoms with E-state index in [0.717, 1.165) is 44.4 Å². The van der Waals surface area contributed by atoms with Gasteiger partial charge in [-0.2, -0.15) is 0 Å². The number of halogens is 1. The number of methoxy groups -OCH3 is 1. The number of sulfone groups is 1. The van der Waals surface area contributed by atoms with Gasteiger partial charge in [-0.3, -0.25) is 0 Å². The van der Waals surface area contributed by atoms with E-state index in [4.69, 9.17) is 10.5 Å². The first-order valence-electron chi connectivity index (χ1n) is 7.74. The average molecular weight is 413 g/mol. The van der Waals surface area contributed by atoms with Gasteiger partial charge in [0.2, 0.25) is 10.0 Å². The number of sulfonamides is 1. The lowest BCUT2D eigenvalue weighted by Gasteiger charge is -2.33. The molecule has 25 heavy (non-hydrogen) atoms. The van der Waals surface area contributed by atoms with E-state index in [-0.39, 0.29) is 34.5 Å². The van der Waals surface area contributed by atoms with E-state index >= 15 is 0 Å².